The summed E-state index contributed by atoms with van der Waals surface area (Å²) in [4.78, 5) is 4.14. The Balaban J connectivity index is 2.56. The molecule has 0 aliphatic heterocycles. The maximum Gasteiger partial charge on any atom is 0.169 e. The summed E-state index contributed by atoms with van der Waals surface area (Å²) in [7, 11) is 0. The lowest BCUT2D eigenvalue weighted by atomic mass is 10.1. The van der Waals surface area contributed by atoms with Crippen LogP contribution in [0.5, 0.6) is 0 Å². The second-order valence-electron chi connectivity index (χ2n) is 4.15. The van der Waals surface area contributed by atoms with E-state index in [4.69, 9.17) is 5.73 Å². The Morgan fingerprint density at radius 1 is 1.31 bits per heavy atom. The number of hydrogen-bond donors (Lipinski definition) is 1. The van der Waals surface area contributed by atoms with Crippen molar-refractivity contribution in [1.82, 2.24) is 20.0 Å². The summed E-state index contributed by atoms with van der Waals surface area (Å²) in [5.41, 5.74) is 8.71. The Morgan fingerprint density at radius 2 is 2.06 bits per heavy atom. The van der Waals surface area contributed by atoms with Crippen molar-refractivity contribution < 1.29 is 0 Å². The molecule has 0 bridgehead atoms. The Morgan fingerprint density at radius 3 is 2.69 bits per heavy atom. The Labute approximate surface area is 94.3 Å². The molecule has 2 aromatic heterocycles. The van der Waals surface area contributed by atoms with Crippen molar-refractivity contribution >= 4 is 5.82 Å². The van der Waals surface area contributed by atoms with Gasteiger partial charge in [0.25, 0.3) is 0 Å². The Bertz CT molecular complexity index is 501. The number of rotatable bonds is 2. The summed E-state index contributed by atoms with van der Waals surface area (Å²) in [6.07, 6.45) is 3.56. The highest BCUT2D eigenvalue weighted by atomic mass is 15.4. The number of aromatic nitrogens is 4. The van der Waals surface area contributed by atoms with E-state index in [-0.39, 0.29) is 5.92 Å². The number of hydrogen-bond acceptors (Lipinski definition) is 4. The molecule has 2 N–H and O–H groups in total. The van der Waals surface area contributed by atoms with Crippen LogP contribution in [0.15, 0.2) is 18.5 Å². The van der Waals surface area contributed by atoms with E-state index in [1.165, 1.54) is 0 Å². The van der Waals surface area contributed by atoms with Crippen molar-refractivity contribution in [2.24, 2.45) is 0 Å². The minimum atomic E-state index is 0.274. The van der Waals surface area contributed by atoms with Crippen LogP contribution in [0.4, 0.5) is 5.82 Å². The molecule has 0 radical (unpaired) electrons. The first kappa shape index (κ1) is 10.6. The summed E-state index contributed by atoms with van der Waals surface area (Å²) >= 11 is 0. The van der Waals surface area contributed by atoms with Gasteiger partial charge in [0.1, 0.15) is 0 Å². The molecule has 0 fully saturated rings. The van der Waals surface area contributed by atoms with Gasteiger partial charge >= 0.3 is 0 Å². The molecule has 5 nitrogen and oxygen atoms in total. The van der Waals surface area contributed by atoms with Gasteiger partial charge in [-0.2, -0.15) is 0 Å². The fraction of sp³-hybridized carbons (Fsp3) is 0.364. The van der Waals surface area contributed by atoms with E-state index in [2.05, 4.69) is 29.1 Å². The zero-order valence-corrected chi connectivity index (χ0v) is 9.68. The van der Waals surface area contributed by atoms with Crippen LogP contribution in [0.3, 0.4) is 0 Å². The molecule has 0 atom stereocenters. The number of nitrogen functional groups attached to an aromatic ring is 1. The first-order valence-electron chi connectivity index (χ1n) is 5.22. The van der Waals surface area contributed by atoms with E-state index in [0.29, 0.717) is 5.82 Å². The minimum Gasteiger partial charge on any atom is -0.381 e. The van der Waals surface area contributed by atoms with Gasteiger partial charge in [0, 0.05) is 6.20 Å². The van der Waals surface area contributed by atoms with Gasteiger partial charge in [-0.05, 0) is 24.5 Å². The molecule has 2 aromatic rings. The van der Waals surface area contributed by atoms with Crippen LogP contribution >= 0.6 is 0 Å². The van der Waals surface area contributed by atoms with Crippen molar-refractivity contribution in [3.8, 4) is 5.69 Å². The lowest BCUT2D eigenvalue weighted by Gasteiger charge is -2.09. The van der Waals surface area contributed by atoms with Gasteiger partial charge in [-0.3, -0.25) is 4.98 Å². The number of anilines is 1. The van der Waals surface area contributed by atoms with Gasteiger partial charge in [0.05, 0.1) is 17.6 Å². The predicted octanol–water partition coefficient (Wildman–Crippen LogP) is 1.68. The lowest BCUT2D eigenvalue weighted by molar-refractivity contribution is 0.713. The Kier molecular flexibility index (Phi) is 2.60. The molecular formula is C11H15N5. The van der Waals surface area contributed by atoms with Crippen LogP contribution in [-0.2, 0) is 0 Å². The molecule has 2 heterocycles. The van der Waals surface area contributed by atoms with Crippen molar-refractivity contribution in [3.63, 3.8) is 0 Å². The fourth-order valence-electron chi connectivity index (χ4n) is 1.69. The molecule has 5 heteroatoms. The van der Waals surface area contributed by atoms with E-state index in [1.54, 1.807) is 17.1 Å². The van der Waals surface area contributed by atoms with Gasteiger partial charge < -0.3 is 5.73 Å². The second kappa shape index (κ2) is 3.92. The molecule has 0 spiro atoms. The van der Waals surface area contributed by atoms with Gasteiger partial charge in [0.15, 0.2) is 5.82 Å². The van der Waals surface area contributed by atoms with Gasteiger partial charge in [-0.15, -0.1) is 5.10 Å². The highest BCUT2D eigenvalue weighted by Crippen LogP contribution is 2.22. The number of nitrogens with two attached hydrogens (primary N) is 1. The maximum atomic E-state index is 5.80. The van der Waals surface area contributed by atoms with Crippen LogP contribution in [0.25, 0.3) is 5.69 Å². The molecule has 0 aromatic carbocycles. The maximum absolute atomic E-state index is 5.80. The zero-order valence-electron chi connectivity index (χ0n) is 9.68. The van der Waals surface area contributed by atoms with Crippen LogP contribution in [-0.4, -0.2) is 20.0 Å². The first-order chi connectivity index (χ1) is 7.59. The topological polar surface area (TPSA) is 69.6 Å². The van der Waals surface area contributed by atoms with Crippen LogP contribution in [0.2, 0.25) is 0 Å². The molecule has 84 valence electrons. The zero-order chi connectivity index (χ0) is 11.7. The third-order valence-corrected chi connectivity index (χ3v) is 2.38. The summed E-state index contributed by atoms with van der Waals surface area (Å²) in [5, 5.41) is 7.96. The van der Waals surface area contributed by atoms with Gasteiger partial charge in [-0.25, -0.2) is 4.68 Å². The third-order valence-electron chi connectivity index (χ3n) is 2.38. The summed E-state index contributed by atoms with van der Waals surface area (Å²) in [5.74, 6) is 0.756. The van der Waals surface area contributed by atoms with Crippen LogP contribution < -0.4 is 5.73 Å². The SMILES string of the molecule is Cc1cncc(-n2nnc(N)c2C(C)C)c1. The Hall–Kier alpha value is -1.91. The molecule has 0 aliphatic rings. The molecule has 0 aliphatic carbocycles. The third kappa shape index (κ3) is 1.76. The summed E-state index contributed by atoms with van der Waals surface area (Å²) in [6, 6.07) is 2.01. The van der Waals surface area contributed by atoms with Crippen molar-refractivity contribution in [3.05, 3.63) is 29.7 Å². The van der Waals surface area contributed by atoms with E-state index in [1.807, 2.05) is 13.0 Å². The second-order valence-corrected chi connectivity index (χ2v) is 4.15. The van der Waals surface area contributed by atoms with E-state index >= 15 is 0 Å². The minimum absolute atomic E-state index is 0.274. The van der Waals surface area contributed by atoms with E-state index in [0.717, 1.165) is 16.9 Å². The van der Waals surface area contributed by atoms with E-state index < -0.39 is 0 Å². The average Bonchev–Trinajstić information content (AvgIpc) is 2.60. The van der Waals surface area contributed by atoms with Crippen molar-refractivity contribution in [1.29, 1.82) is 0 Å². The summed E-state index contributed by atoms with van der Waals surface area (Å²) < 4.78 is 1.75. The number of nitrogens with zero attached hydrogens (tertiary/aromatic N) is 4. The number of aryl methyl sites for hydroxylation is 1. The average molecular weight is 217 g/mol. The van der Waals surface area contributed by atoms with Crippen molar-refractivity contribution in [2.75, 3.05) is 5.73 Å². The van der Waals surface area contributed by atoms with Crippen molar-refractivity contribution in [2.45, 2.75) is 26.7 Å². The summed E-state index contributed by atoms with van der Waals surface area (Å²) in [6.45, 7) is 6.12. The molecule has 0 saturated heterocycles. The normalized spacial score (nSPS) is 11.0. The number of pyridine rings is 1. The van der Waals surface area contributed by atoms with Crippen LogP contribution in [0.1, 0.15) is 31.0 Å². The van der Waals surface area contributed by atoms with Gasteiger partial charge in [0.2, 0.25) is 0 Å². The smallest absolute Gasteiger partial charge is 0.169 e. The van der Waals surface area contributed by atoms with Gasteiger partial charge in [-0.1, -0.05) is 19.1 Å². The lowest BCUT2D eigenvalue weighted by Crippen LogP contribution is -2.06. The predicted molar refractivity (Wildman–Crippen MR) is 62.4 cm³/mol. The monoisotopic (exact) mass is 217 g/mol. The largest absolute Gasteiger partial charge is 0.381 e. The molecule has 0 unspecified atom stereocenters. The molecule has 2 rings (SSSR count). The van der Waals surface area contributed by atoms with E-state index in [9.17, 15) is 0 Å². The molecule has 0 amide bonds. The molecule has 0 saturated carbocycles. The molecule has 16 heavy (non-hydrogen) atoms. The quantitative estimate of drug-likeness (QED) is 0.830. The highest BCUT2D eigenvalue weighted by molar-refractivity contribution is 5.42. The van der Waals surface area contributed by atoms with Crippen LogP contribution in [0, 0.1) is 6.92 Å². The first-order valence-corrected chi connectivity index (χ1v) is 5.22. The molecular weight excluding hydrogens is 202 g/mol. The fourth-order valence-corrected chi connectivity index (χ4v) is 1.69. The highest BCUT2D eigenvalue weighted by Gasteiger charge is 2.15. The standard InChI is InChI=1S/C11H15N5/c1-7(2)10-11(12)14-15-16(10)9-4-8(3)5-13-6-9/h4-7H,12H2,1-3H3.